The molecule has 1 saturated carbocycles. The molecule has 0 N–H and O–H groups in total. The fraction of sp³-hybridized carbons (Fsp3) is 0.533. The minimum Gasteiger partial charge on any atom is -0.345 e. The smallest absolute Gasteiger partial charge is 0.222 e. The molecule has 0 unspecified atom stereocenters. The summed E-state index contributed by atoms with van der Waals surface area (Å²) in [5.41, 5.74) is 1.51. The highest BCUT2D eigenvalue weighted by atomic mass is 32.1. The van der Waals surface area contributed by atoms with E-state index < -0.39 is 0 Å². The number of rotatable bonds is 6. The van der Waals surface area contributed by atoms with Crippen LogP contribution in [-0.2, 0) is 11.2 Å². The quantitative estimate of drug-likeness (QED) is 0.783. The Hall–Kier alpha value is -0.960. The Morgan fingerprint density at radius 2 is 2.00 bits per heavy atom. The van der Waals surface area contributed by atoms with Crippen molar-refractivity contribution in [2.75, 3.05) is 19.3 Å². The Kier molecular flexibility index (Phi) is 4.33. The van der Waals surface area contributed by atoms with Gasteiger partial charge in [0.05, 0.1) is 0 Å². The van der Waals surface area contributed by atoms with Gasteiger partial charge < -0.3 is 4.90 Å². The second kappa shape index (κ2) is 5.79. The van der Waals surface area contributed by atoms with E-state index in [1.807, 2.05) is 30.1 Å². The van der Waals surface area contributed by atoms with Gasteiger partial charge in [0.15, 0.2) is 0 Å². The largest absolute Gasteiger partial charge is 0.345 e. The molecule has 0 aliphatic heterocycles. The van der Waals surface area contributed by atoms with Crippen LogP contribution in [0.5, 0.6) is 0 Å². The lowest BCUT2D eigenvalue weighted by Gasteiger charge is -2.20. The molecule has 1 aliphatic rings. The fourth-order valence-corrected chi connectivity index (χ4v) is 2.52. The van der Waals surface area contributed by atoms with Gasteiger partial charge in [-0.2, -0.15) is 12.6 Å². The highest BCUT2D eigenvalue weighted by molar-refractivity contribution is 7.80. The first-order chi connectivity index (χ1) is 8.65. The number of benzene rings is 1. The zero-order chi connectivity index (χ0) is 13.0. The molecule has 0 spiro atoms. The van der Waals surface area contributed by atoms with Gasteiger partial charge in [-0.15, -0.1) is 0 Å². The van der Waals surface area contributed by atoms with E-state index in [1.54, 1.807) is 0 Å². The molecule has 0 heterocycles. The molecule has 1 amide bonds. The third kappa shape index (κ3) is 3.52. The summed E-state index contributed by atoms with van der Waals surface area (Å²) in [6.45, 7) is 0.797. The molecule has 2 rings (SSSR count). The van der Waals surface area contributed by atoms with Gasteiger partial charge in [0.2, 0.25) is 5.91 Å². The highest BCUT2D eigenvalue weighted by Crippen LogP contribution is 2.49. The zero-order valence-electron chi connectivity index (χ0n) is 10.9. The van der Waals surface area contributed by atoms with Crippen molar-refractivity contribution in [1.82, 2.24) is 4.90 Å². The first-order valence-electron chi connectivity index (χ1n) is 6.54. The molecule has 2 nitrogen and oxygen atoms in total. The standard InChI is InChI=1S/C15H21NOS/c1-16(10-7-13-5-3-2-4-6-13)14(17)11-15(12-18)8-9-15/h2-6,18H,7-12H2,1H3. The van der Waals surface area contributed by atoms with Crippen LogP contribution in [0.1, 0.15) is 24.8 Å². The molecule has 3 heteroatoms. The Labute approximate surface area is 115 Å². The average molecular weight is 263 g/mol. The molecular formula is C15H21NOS. The van der Waals surface area contributed by atoms with E-state index in [9.17, 15) is 4.79 Å². The van der Waals surface area contributed by atoms with E-state index >= 15 is 0 Å². The van der Waals surface area contributed by atoms with Crippen molar-refractivity contribution in [2.45, 2.75) is 25.7 Å². The van der Waals surface area contributed by atoms with Crippen molar-refractivity contribution in [2.24, 2.45) is 5.41 Å². The Bertz CT molecular complexity index is 400. The number of hydrogen-bond donors (Lipinski definition) is 1. The first kappa shape index (κ1) is 13.5. The van der Waals surface area contributed by atoms with Crippen LogP contribution in [0.25, 0.3) is 0 Å². The SMILES string of the molecule is CN(CCc1ccccc1)C(=O)CC1(CS)CC1. The molecule has 1 aromatic carbocycles. The summed E-state index contributed by atoms with van der Waals surface area (Å²) in [5, 5.41) is 0. The number of nitrogens with zero attached hydrogens (tertiary/aromatic N) is 1. The Morgan fingerprint density at radius 1 is 1.33 bits per heavy atom. The number of likely N-dealkylation sites (N-methyl/N-ethyl adjacent to an activating group) is 1. The summed E-state index contributed by atoms with van der Waals surface area (Å²) >= 11 is 4.35. The molecule has 0 radical (unpaired) electrons. The van der Waals surface area contributed by atoms with E-state index in [2.05, 4.69) is 24.8 Å². The van der Waals surface area contributed by atoms with Crippen LogP contribution < -0.4 is 0 Å². The number of carbonyl (C=O) groups is 1. The van der Waals surface area contributed by atoms with Crippen LogP contribution in [-0.4, -0.2) is 30.2 Å². The maximum Gasteiger partial charge on any atom is 0.222 e. The number of hydrogen-bond acceptors (Lipinski definition) is 2. The van der Waals surface area contributed by atoms with E-state index in [1.165, 1.54) is 5.56 Å². The predicted molar refractivity (Wildman–Crippen MR) is 77.9 cm³/mol. The van der Waals surface area contributed by atoms with Crippen molar-refractivity contribution in [3.05, 3.63) is 35.9 Å². The van der Waals surface area contributed by atoms with Crippen molar-refractivity contribution < 1.29 is 4.79 Å². The monoisotopic (exact) mass is 263 g/mol. The van der Waals surface area contributed by atoms with Crippen LogP contribution >= 0.6 is 12.6 Å². The molecule has 0 aromatic heterocycles. The molecule has 18 heavy (non-hydrogen) atoms. The third-order valence-electron chi connectivity index (χ3n) is 3.82. The van der Waals surface area contributed by atoms with Crippen LogP contribution in [0.2, 0.25) is 0 Å². The lowest BCUT2D eigenvalue weighted by atomic mass is 10.0. The van der Waals surface area contributed by atoms with Crippen molar-refractivity contribution in [3.8, 4) is 0 Å². The Balaban J connectivity index is 1.77. The number of amides is 1. The molecule has 0 saturated heterocycles. The summed E-state index contributed by atoms with van der Waals surface area (Å²) in [6, 6.07) is 10.3. The van der Waals surface area contributed by atoms with Gasteiger partial charge in [0.25, 0.3) is 0 Å². The molecule has 1 aromatic rings. The van der Waals surface area contributed by atoms with Crippen LogP contribution in [0.3, 0.4) is 0 Å². The summed E-state index contributed by atoms with van der Waals surface area (Å²) in [5.74, 6) is 1.10. The summed E-state index contributed by atoms with van der Waals surface area (Å²) < 4.78 is 0. The van der Waals surface area contributed by atoms with Crippen LogP contribution in [0, 0.1) is 5.41 Å². The van der Waals surface area contributed by atoms with E-state index in [0.717, 1.165) is 31.6 Å². The van der Waals surface area contributed by atoms with Crippen LogP contribution in [0.4, 0.5) is 0 Å². The molecule has 0 bridgehead atoms. The van der Waals surface area contributed by atoms with Crippen molar-refractivity contribution in [1.29, 1.82) is 0 Å². The van der Waals surface area contributed by atoms with E-state index in [4.69, 9.17) is 0 Å². The molecule has 98 valence electrons. The van der Waals surface area contributed by atoms with Crippen LogP contribution in [0.15, 0.2) is 30.3 Å². The van der Waals surface area contributed by atoms with Gasteiger partial charge in [0, 0.05) is 20.0 Å². The second-order valence-electron chi connectivity index (χ2n) is 5.39. The van der Waals surface area contributed by atoms with E-state index in [0.29, 0.717) is 6.42 Å². The molecule has 1 aliphatic carbocycles. The number of carbonyl (C=O) groups excluding carboxylic acids is 1. The van der Waals surface area contributed by atoms with Gasteiger partial charge in [-0.05, 0) is 36.0 Å². The predicted octanol–water partition coefficient (Wildman–Crippen LogP) is 2.79. The van der Waals surface area contributed by atoms with Gasteiger partial charge in [-0.3, -0.25) is 4.79 Å². The lowest BCUT2D eigenvalue weighted by molar-refractivity contribution is -0.131. The minimum absolute atomic E-state index is 0.223. The molecular weight excluding hydrogens is 242 g/mol. The normalized spacial score (nSPS) is 16.3. The van der Waals surface area contributed by atoms with Gasteiger partial charge in [0.1, 0.15) is 0 Å². The van der Waals surface area contributed by atoms with Crippen molar-refractivity contribution >= 4 is 18.5 Å². The number of thiol groups is 1. The second-order valence-corrected chi connectivity index (χ2v) is 5.70. The minimum atomic E-state index is 0.223. The summed E-state index contributed by atoms with van der Waals surface area (Å²) in [7, 11) is 1.90. The van der Waals surface area contributed by atoms with Gasteiger partial charge >= 0.3 is 0 Å². The molecule has 0 atom stereocenters. The van der Waals surface area contributed by atoms with Crippen molar-refractivity contribution in [3.63, 3.8) is 0 Å². The topological polar surface area (TPSA) is 20.3 Å². The van der Waals surface area contributed by atoms with Gasteiger partial charge in [-0.25, -0.2) is 0 Å². The zero-order valence-corrected chi connectivity index (χ0v) is 11.8. The maximum atomic E-state index is 12.1. The molecule has 1 fully saturated rings. The fourth-order valence-electron chi connectivity index (χ4n) is 2.09. The lowest BCUT2D eigenvalue weighted by Crippen LogP contribution is -2.31. The first-order valence-corrected chi connectivity index (χ1v) is 7.17. The summed E-state index contributed by atoms with van der Waals surface area (Å²) in [6.07, 6.45) is 3.92. The maximum absolute atomic E-state index is 12.1. The highest BCUT2D eigenvalue weighted by Gasteiger charge is 2.43. The average Bonchev–Trinajstić information content (AvgIpc) is 3.17. The van der Waals surface area contributed by atoms with E-state index in [-0.39, 0.29) is 11.3 Å². The van der Waals surface area contributed by atoms with Gasteiger partial charge in [-0.1, -0.05) is 30.3 Å². The third-order valence-corrected chi connectivity index (χ3v) is 4.49. The summed E-state index contributed by atoms with van der Waals surface area (Å²) in [4.78, 5) is 13.9. The Morgan fingerprint density at radius 3 is 2.56 bits per heavy atom.